The number of rotatable bonds is 5. The lowest BCUT2D eigenvalue weighted by Gasteiger charge is -2.39. The van der Waals surface area contributed by atoms with Gasteiger partial charge in [-0.3, -0.25) is 9.48 Å². The Morgan fingerprint density at radius 3 is 2.62 bits per heavy atom. The maximum Gasteiger partial charge on any atom is 0.231 e. The molecule has 5 nitrogen and oxygen atoms in total. The number of nitrogens with zero attached hydrogens (tertiary/aromatic N) is 2. The Kier molecular flexibility index (Phi) is 3.75. The monoisotopic (exact) mass is 284 g/mol. The van der Waals surface area contributed by atoms with Crippen LogP contribution in [0.4, 0.5) is 5.69 Å². The van der Waals surface area contributed by atoms with Crippen molar-refractivity contribution >= 4 is 11.6 Å². The van der Waals surface area contributed by atoms with Gasteiger partial charge in [0.2, 0.25) is 5.91 Å². The van der Waals surface area contributed by atoms with E-state index < -0.39 is 0 Å². The molecule has 0 bridgehead atoms. The molecule has 0 unspecified atom stereocenters. The minimum Gasteiger partial charge on any atom is -0.329 e. The number of nitrogens with two attached hydrogens (primary N) is 1. The number of hydrogen-bond acceptors (Lipinski definition) is 3. The van der Waals surface area contributed by atoms with Gasteiger partial charge < -0.3 is 11.1 Å². The van der Waals surface area contributed by atoms with Gasteiger partial charge in [0, 0.05) is 24.6 Å². The Morgan fingerprint density at radius 2 is 2.10 bits per heavy atom. The van der Waals surface area contributed by atoms with E-state index in [9.17, 15) is 4.79 Å². The summed E-state index contributed by atoms with van der Waals surface area (Å²) in [7, 11) is 0. The first kappa shape index (κ1) is 13.8. The van der Waals surface area contributed by atoms with Gasteiger partial charge in [0.1, 0.15) is 0 Å². The van der Waals surface area contributed by atoms with E-state index in [1.165, 1.54) is 0 Å². The van der Waals surface area contributed by atoms with Crippen molar-refractivity contribution in [2.24, 2.45) is 11.1 Å². The molecule has 5 heteroatoms. The van der Waals surface area contributed by atoms with Gasteiger partial charge in [0.15, 0.2) is 0 Å². The maximum absolute atomic E-state index is 12.3. The zero-order valence-corrected chi connectivity index (χ0v) is 12.0. The Balaban J connectivity index is 1.63. The summed E-state index contributed by atoms with van der Waals surface area (Å²) in [4.78, 5) is 12.3. The first-order valence-electron chi connectivity index (χ1n) is 7.30. The zero-order valence-electron chi connectivity index (χ0n) is 12.0. The number of aromatic nitrogens is 2. The van der Waals surface area contributed by atoms with E-state index >= 15 is 0 Å². The predicted octanol–water partition coefficient (Wildman–Crippen LogP) is 2.00. The molecule has 0 radical (unpaired) electrons. The summed E-state index contributed by atoms with van der Waals surface area (Å²) in [5.41, 5.74) is 7.38. The number of benzene rings is 1. The first-order valence-corrected chi connectivity index (χ1v) is 7.30. The number of carbonyl (C=O) groups excluding carboxylic acids is 1. The van der Waals surface area contributed by atoms with Crippen molar-refractivity contribution in [3.63, 3.8) is 0 Å². The molecule has 0 aliphatic heterocycles. The standard InChI is InChI=1S/C16H20N4O/c17-12-16(7-1-8-16)15(21)19-14-5-3-13(4-6-14)11-20-10-2-9-18-20/h2-6,9-10H,1,7-8,11-12,17H2,(H,19,21). The third kappa shape index (κ3) is 2.83. The smallest absolute Gasteiger partial charge is 0.231 e. The molecule has 1 aromatic carbocycles. The van der Waals surface area contributed by atoms with Crippen LogP contribution in [-0.4, -0.2) is 22.2 Å². The van der Waals surface area contributed by atoms with Crippen LogP contribution in [0, 0.1) is 5.41 Å². The third-order valence-electron chi connectivity index (χ3n) is 4.30. The van der Waals surface area contributed by atoms with Crippen LogP contribution in [0.3, 0.4) is 0 Å². The average Bonchev–Trinajstić information content (AvgIpc) is 2.93. The highest BCUT2D eigenvalue weighted by Gasteiger charge is 2.42. The molecule has 1 amide bonds. The lowest BCUT2D eigenvalue weighted by molar-refractivity contribution is -0.129. The highest BCUT2D eigenvalue weighted by atomic mass is 16.2. The fraction of sp³-hybridized carbons (Fsp3) is 0.375. The van der Waals surface area contributed by atoms with Gasteiger partial charge >= 0.3 is 0 Å². The molecule has 3 rings (SSSR count). The molecule has 21 heavy (non-hydrogen) atoms. The summed E-state index contributed by atoms with van der Waals surface area (Å²) in [6.07, 6.45) is 6.57. The van der Waals surface area contributed by atoms with Crippen molar-refractivity contribution in [3.05, 3.63) is 48.3 Å². The van der Waals surface area contributed by atoms with Crippen LogP contribution in [0.25, 0.3) is 0 Å². The number of hydrogen-bond donors (Lipinski definition) is 2. The molecule has 0 spiro atoms. The van der Waals surface area contributed by atoms with Crippen molar-refractivity contribution in [1.29, 1.82) is 0 Å². The maximum atomic E-state index is 12.3. The van der Waals surface area contributed by atoms with E-state index in [0.29, 0.717) is 6.54 Å². The van der Waals surface area contributed by atoms with Crippen LogP contribution in [0.2, 0.25) is 0 Å². The molecule has 1 aromatic heterocycles. The van der Waals surface area contributed by atoms with Gasteiger partial charge in [0.25, 0.3) is 0 Å². The number of nitrogens with one attached hydrogen (secondary N) is 1. The lowest BCUT2D eigenvalue weighted by atomic mass is 9.68. The molecule has 0 atom stereocenters. The van der Waals surface area contributed by atoms with Crippen LogP contribution in [0.15, 0.2) is 42.7 Å². The van der Waals surface area contributed by atoms with Gasteiger partial charge in [-0.2, -0.15) is 5.10 Å². The molecule has 2 aromatic rings. The topological polar surface area (TPSA) is 72.9 Å². The average molecular weight is 284 g/mol. The molecule has 3 N–H and O–H groups in total. The summed E-state index contributed by atoms with van der Waals surface area (Å²) in [5.74, 6) is 0.0519. The van der Waals surface area contributed by atoms with Crippen molar-refractivity contribution in [1.82, 2.24) is 9.78 Å². The molecule has 1 heterocycles. The van der Waals surface area contributed by atoms with Gasteiger partial charge in [-0.15, -0.1) is 0 Å². The van der Waals surface area contributed by atoms with E-state index in [4.69, 9.17) is 5.73 Å². The zero-order chi connectivity index (χ0) is 14.7. The molecular weight excluding hydrogens is 264 g/mol. The van der Waals surface area contributed by atoms with E-state index in [-0.39, 0.29) is 11.3 Å². The van der Waals surface area contributed by atoms with Gasteiger partial charge in [0.05, 0.1) is 12.0 Å². The minimum absolute atomic E-state index is 0.0519. The molecular formula is C16H20N4O. The lowest BCUT2D eigenvalue weighted by Crippen LogP contribution is -2.47. The van der Waals surface area contributed by atoms with Crippen LogP contribution in [-0.2, 0) is 11.3 Å². The summed E-state index contributed by atoms with van der Waals surface area (Å²) in [6.45, 7) is 1.16. The molecule has 0 saturated heterocycles. The normalized spacial score (nSPS) is 16.2. The summed E-state index contributed by atoms with van der Waals surface area (Å²) in [5, 5.41) is 7.16. The SMILES string of the molecule is NCC1(C(=O)Nc2ccc(Cn3cccn3)cc2)CCC1. The Hall–Kier alpha value is -2.14. The Labute approximate surface area is 124 Å². The Morgan fingerprint density at radius 1 is 1.33 bits per heavy atom. The molecule has 1 saturated carbocycles. The van der Waals surface area contributed by atoms with Crippen LogP contribution < -0.4 is 11.1 Å². The van der Waals surface area contributed by atoms with Crippen LogP contribution >= 0.6 is 0 Å². The number of carbonyl (C=O) groups is 1. The fourth-order valence-corrected chi connectivity index (χ4v) is 2.67. The van der Waals surface area contributed by atoms with E-state index in [1.807, 2.05) is 41.2 Å². The largest absolute Gasteiger partial charge is 0.329 e. The molecule has 1 fully saturated rings. The molecule has 1 aliphatic rings. The van der Waals surface area contributed by atoms with Gasteiger partial charge in [-0.05, 0) is 36.6 Å². The van der Waals surface area contributed by atoms with Gasteiger partial charge in [-0.1, -0.05) is 18.6 Å². The van der Waals surface area contributed by atoms with Crippen molar-refractivity contribution in [2.75, 3.05) is 11.9 Å². The second-order valence-corrected chi connectivity index (χ2v) is 5.69. The number of amides is 1. The summed E-state index contributed by atoms with van der Waals surface area (Å²) in [6, 6.07) is 9.78. The van der Waals surface area contributed by atoms with Crippen molar-refractivity contribution < 1.29 is 4.79 Å². The highest BCUT2D eigenvalue weighted by Crippen LogP contribution is 2.40. The quantitative estimate of drug-likeness (QED) is 0.882. The second-order valence-electron chi connectivity index (χ2n) is 5.69. The van der Waals surface area contributed by atoms with E-state index in [0.717, 1.165) is 37.1 Å². The highest BCUT2D eigenvalue weighted by molar-refractivity contribution is 5.96. The number of anilines is 1. The van der Waals surface area contributed by atoms with Crippen LogP contribution in [0.5, 0.6) is 0 Å². The third-order valence-corrected chi connectivity index (χ3v) is 4.30. The van der Waals surface area contributed by atoms with Crippen LogP contribution in [0.1, 0.15) is 24.8 Å². The molecule has 1 aliphatic carbocycles. The fourth-order valence-electron chi connectivity index (χ4n) is 2.67. The minimum atomic E-state index is -0.340. The second kappa shape index (κ2) is 5.69. The molecule has 110 valence electrons. The van der Waals surface area contributed by atoms with Gasteiger partial charge in [-0.25, -0.2) is 0 Å². The Bertz CT molecular complexity index is 594. The predicted molar refractivity (Wildman–Crippen MR) is 81.7 cm³/mol. The van der Waals surface area contributed by atoms with E-state index in [1.54, 1.807) is 6.20 Å². The first-order chi connectivity index (χ1) is 10.2. The summed E-state index contributed by atoms with van der Waals surface area (Å²) >= 11 is 0. The summed E-state index contributed by atoms with van der Waals surface area (Å²) < 4.78 is 1.87. The van der Waals surface area contributed by atoms with Crippen molar-refractivity contribution in [2.45, 2.75) is 25.8 Å². The van der Waals surface area contributed by atoms with Crippen molar-refractivity contribution in [3.8, 4) is 0 Å². The van der Waals surface area contributed by atoms with E-state index in [2.05, 4.69) is 10.4 Å².